The first-order valence-corrected chi connectivity index (χ1v) is 8.65. The van der Waals surface area contributed by atoms with Gasteiger partial charge in [0.2, 0.25) is 5.91 Å². The van der Waals surface area contributed by atoms with Crippen LogP contribution in [0.3, 0.4) is 0 Å². The third kappa shape index (κ3) is 3.00. The SMILES string of the molecule is CC(=O)N(c1c(C)cnc2ccc(Br)cc12)C1(C)CCOCC1. The van der Waals surface area contributed by atoms with Gasteiger partial charge in [0.15, 0.2) is 0 Å². The van der Waals surface area contributed by atoms with Crippen LogP contribution in [0.1, 0.15) is 32.3 Å². The molecule has 0 bridgehead atoms. The van der Waals surface area contributed by atoms with Gasteiger partial charge in [-0.3, -0.25) is 9.78 Å². The standard InChI is InChI=1S/C18H21BrN2O2/c1-12-11-20-16-5-4-14(19)10-15(16)17(12)21(13(2)22)18(3)6-8-23-9-7-18/h4-5,10-11H,6-9H2,1-3H3. The number of rotatable bonds is 2. The Hall–Kier alpha value is -1.46. The van der Waals surface area contributed by atoms with Crippen LogP contribution in [0.4, 0.5) is 5.69 Å². The monoisotopic (exact) mass is 376 g/mol. The Kier molecular flexibility index (Phi) is 4.43. The molecule has 0 spiro atoms. The van der Waals surface area contributed by atoms with Crippen molar-refractivity contribution in [3.8, 4) is 0 Å². The van der Waals surface area contributed by atoms with Crippen LogP contribution >= 0.6 is 15.9 Å². The van der Waals surface area contributed by atoms with Gasteiger partial charge < -0.3 is 9.64 Å². The van der Waals surface area contributed by atoms with Crippen molar-refractivity contribution in [3.63, 3.8) is 0 Å². The Balaban J connectivity index is 2.24. The van der Waals surface area contributed by atoms with E-state index < -0.39 is 0 Å². The van der Waals surface area contributed by atoms with Crippen LogP contribution in [-0.2, 0) is 9.53 Å². The Morgan fingerprint density at radius 2 is 2.04 bits per heavy atom. The summed E-state index contributed by atoms with van der Waals surface area (Å²) >= 11 is 3.54. The van der Waals surface area contributed by atoms with E-state index in [4.69, 9.17) is 4.74 Å². The molecule has 5 heteroatoms. The van der Waals surface area contributed by atoms with Crippen molar-refractivity contribution in [1.82, 2.24) is 4.98 Å². The lowest BCUT2D eigenvalue weighted by Crippen LogP contribution is -2.52. The van der Waals surface area contributed by atoms with E-state index in [-0.39, 0.29) is 11.4 Å². The summed E-state index contributed by atoms with van der Waals surface area (Å²) in [5.74, 6) is 0.0602. The average molecular weight is 377 g/mol. The van der Waals surface area contributed by atoms with Crippen LogP contribution in [0, 0.1) is 6.92 Å². The van der Waals surface area contributed by atoms with Crippen LogP contribution in [-0.4, -0.2) is 29.6 Å². The number of anilines is 1. The number of aromatic nitrogens is 1. The van der Waals surface area contributed by atoms with Gasteiger partial charge in [-0.2, -0.15) is 0 Å². The number of hydrogen-bond acceptors (Lipinski definition) is 3. The van der Waals surface area contributed by atoms with E-state index in [2.05, 4.69) is 27.8 Å². The highest BCUT2D eigenvalue weighted by Crippen LogP contribution is 2.38. The quantitative estimate of drug-likeness (QED) is 0.787. The van der Waals surface area contributed by atoms with Gasteiger partial charge in [0, 0.05) is 41.7 Å². The summed E-state index contributed by atoms with van der Waals surface area (Å²) in [6, 6.07) is 6.00. The summed E-state index contributed by atoms with van der Waals surface area (Å²) in [7, 11) is 0. The molecule has 0 saturated carbocycles. The summed E-state index contributed by atoms with van der Waals surface area (Å²) in [5.41, 5.74) is 2.65. The van der Waals surface area contributed by atoms with Crippen LogP contribution in [0.25, 0.3) is 10.9 Å². The highest BCUT2D eigenvalue weighted by atomic mass is 79.9. The zero-order valence-corrected chi connectivity index (χ0v) is 15.3. The summed E-state index contributed by atoms with van der Waals surface area (Å²) in [4.78, 5) is 19.1. The highest BCUT2D eigenvalue weighted by molar-refractivity contribution is 9.10. The number of aryl methyl sites for hydroxylation is 1. The number of carbonyl (C=O) groups is 1. The first-order chi connectivity index (χ1) is 10.9. The summed E-state index contributed by atoms with van der Waals surface area (Å²) in [5, 5.41) is 1.00. The maximum Gasteiger partial charge on any atom is 0.224 e. The van der Waals surface area contributed by atoms with E-state index in [1.165, 1.54) is 0 Å². The Morgan fingerprint density at radius 3 is 2.70 bits per heavy atom. The second-order valence-corrected chi connectivity index (χ2v) is 7.33. The second-order valence-electron chi connectivity index (χ2n) is 6.42. The van der Waals surface area contributed by atoms with Crippen LogP contribution < -0.4 is 4.90 Å². The molecule has 1 saturated heterocycles. The number of ether oxygens (including phenoxy) is 1. The van der Waals surface area contributed by atoms with Crippen molar-refractivity contribution in [2.24, 2.45) is 0 Å². The molecule has 0 unspecified atom stereocenters. The molecule has 1 aromatic carbocycles. The lowest BCUT2D eigenvalue weighted by atomic mass is 9.88. The van der Waals surface area contributed by atoms with E-state index in [9.17, 15) is 4.79 Å². The molecule has 1 fully saturated rings. The molecule has 1 aliphatic rings. The molecule has 1 aromatic heterocycles. The first kappa shape index (κ1) is 16.4. The molecule has 0 atom stereocenters. The van der Waals surface area contributed by atoms with Crippen LogP contribution in [0.15, 0.2) is 28.9 Å². The van der Waals surface area contributed by atoms with E-state index in [1.807, 2.05) is 36.2 Å². The van der Waals surface area contributed by atoms with E-state index >= 15 is 0 Å². The van der Waals surface area contributed by atoms with Crippen LogP contribution in [0.2, 0.25) is 0 Å². The molecular formula is C18H21BrN2O2. The van der Waals surface area contributed by atoms with E-state index in [0.29, 0.717) is 13.2 Å². The highest BCUT2D eigenvalue weighted by Gasteiger charge is 2.38. The average Bonchev–Trinajstić information content (AvgIpc) is 2.50. The Bertz CT molecular complexity index is 749. The molecule has 4 nitrogen and oxygen atoms in total. The first-order valence-electron chi connectivity index (χ1n) is 7.86. The number of carbonyl (C=O) groups excluding carboxylic acids is 1. The van der Waals surface area contributed by atoms with Crippen LogP contribution in [0.5, 0.6) is 0 Å². The van der Waals surface area contributed by atoms with E-state index in [0.717, 1.165) is 39.5 Å². The van der Waals surface area contributed by atoms with Gasteiger partial charge in [0.25, 0.3) is 0 Å². The van der Waals surface area contributed by atoms with Gasteiger partial charge in [-0.05, 0) is 50.5 Å². The Morgan fingerprint density at radius 1 is 1.35 bits per heavy atom. The van der Waals surface area contributed by atoms with Crippen molar-refractivity contribution >= 4 is 38.4 Å². The number of nitrogens with zero attached hydrogens (tertiary/aromatic N) is 2. The molecule has 1 amide bonds. The molecule has 0 aliphatic carbocycles. The molecule has 122 valence electrons. The molecule has 1 aliphatic heterocycles. The molecule has 23 heavy (non-hydrogen) atoms. The third-order valence-corrected chi connectivity index (χ3v) is 5.13. The number of hydrogen-bond donors (Lipinski definition) is 0. The maximum atomic E-state index is 12.6. The van der Waals surface area contributed by atoms with Gasteiger partial charge >= 0.3 is 0 Å². The molecule has 0 radical (unpaired) electrons. The number of benzene rings is 1. The van der Waals surface area contributed by atoms with Crippen molar-refractivity contribution in [2.45, 2.75) is 39.2 Å². The minimum Gasteiger partial charge on any atom is -0.381 e. The van der Waals surface area contributed by atoms with Crippen molar-refractivity contribution in [1.29, 1.82) is 0 Å². The molecular weight excluding hydrogens is 356 g/mol. The normalized spacial score (nSPS) is 17.2. The van der Waals surface area contributed by atoms with Gasteiger partial charge in [-0.15, -0.1) is 0 Å². The molecule has 2 aromatic rings. The number of amides is 1. The summed E-state index contributed by atoms with van der Waals surface area (Å²) in [6.45, 7) is 7.18. The topological polar surface area (TPSA) is 42.4 Å². The van der Waals surface area contributed by atoms with Gasteiger partial charge in [-0.1, -0.05) is 15.9 Å². The lowest BCUT2D eigenvalue weighted by Gasteiger charge is -2.44. The fraction of sp³-hybridized carbons (Fsp3) is 0.444. The number of fused-ring (bicyclic) bond motifs is 1. The smallest absolute Gasteiger partial charge is 0.224 e. The van der Waals surface area contributed by atoms with Gasteiger partial charge in [0.05, 0.1) is 11.2 Å². The zero-order chi connectivity index (χ0) is 16.6. The molecule has 2 heterocycles. The number of pyridine rings is 1. The zero-order valence-electron chi connectivity index (χ0n) is 13.7. The van der Waals surface area contributed by atoms with E-state index in [1.54, 1.807) is 6.92 Å². The lowest BCUT2D eigenvalue weighted by molar-refractivity contribution is -0.118. The Labute approximate surface area is 145 Å². The fourth-order valence-electron chi connectivity index (χ4n) is 3.39. The van der Waals surface area contributed by atoms with Crippen molar-refractivity contribution in [2.75, 3.05) is 18.1 Å². The van der Waals surface area contributed by atoms with Crippen molar-refractivity contribution in [3.05, 3.63) is 34.4 Å². The largest absolute Gasteiger partial charge is 0.381 e. The predicted octanol–water partition coefficient (Wildman–Crippen LogP) is 4.23. The third-order valence-electron chi connectivity index (χ3n) is 4.63. The molecule has 0 N–H and O–H groups in total. The van der Waals surface area contributed by atoms with Gasteiger partial charge in [-0.25, -0.2) is 0 Å². The molecule has 3 rings (SSSR count). The predicted molar refractivity (Wildman–Crippen MR) is 95.8 cm³/mol. The minimum absolute atomic E-state index is 0.0602. The maximum absolute atomic E-state index is 12.6. The number of halogens is 1. The van der Waals surface area contributed by atoms with Crippen molar-refractivity contribution < 1.29 is 9.53 Å². The minimum atomic E-state index is -0.231. The fourth-order valence-corrected chi connectivity index (χ4v) is 3.75. The van der Waals surface area contributed by atoms with Gasteiger partial charge in [0.1, 0.15) is 0 Å². The summed E-state index contributed by atoms with van der Waals surface area (Å²) in [6.07, 6.45) is 3.53. The summed E-state index contributed by atoms with van der Waals surface area (Å²) < 4.78 is 6.50. The second kappa shape index (κ2) is 6.21.